The van der Waals surface area contributed by atoms with Crippen LogP contribution >= 0.6 is 23.1 Å². The molecule has 3 rings (SSSR count). The molecule has 0 aliphatic heterocycles. The Kier molecular flexibility index (Phi) is 6.11. The predicted octanol–water partition coefficient (Wildman–Crippen LogP) is 4.58. The molecule has 0 bridgehead atoms. The van der Waals surface area contributed by atoms with Gasteiger partial charge < -0.3 is 4.90 Å². The number of benzene rings is 1. The Morgan fingerprint density at radius 1 is 1.19 bits per heavy atom. The Bertz CT molecular complexity index is 914. The molecular formula is C20H24N4OS2. The Morgan fingerprint density at radius 2 is 1.85 bits per heavy atom. The molecule has 1 unspecified atom stereocenters. The van der Waals surface area contributed by atoms with E-state index in [9.17, 15) is 4.79 Å². The first-order valence-electron chi connectivity index (χ1n) is 8.90. The molecule has 7 heteroatoms. The van der Waals surface area contributed by atoms with Crippen molar-refractivity contribution in [3.8, 4) is 0 Å². The van der Waals surface area contributed by atoms with Gasteiger partial charge in [0.25, 0.3) is 0 Å². The molecule has 0 saturated heterocycles. The second kappa shape index (κ2) is 8.35. The van der Waals surface area contributed by atoms with Gasteiger partial charge in [-0.05, 0) is 51.1 Å². The summed E-state index contributed by atoms with van der Waals surface area (Å²) < 4.78 is 1.15. The standard InChI is InChI=1S/C20H24N4OS2/c1-12-15(13(2)22-20(21-12)26-5)10-11-18(25)24(4)14(3)19-23-16-8-6-7-9-17(16)27-19/h6-9,14H,10-11H2,1-5H3. The molecule has 0 spiro atoms. The second-order valence-electron chi connectivity index (χ2n) is 6.56. The lowest BCUT2D eigenvalue weighted by atomic mass is 10.1. The minimum absolute atomic E-state index is 0.0489. The zero-order valence-corrected chi connectivity index (χ0v) is 17.9. The van der Waals surface area contributed by atoms with E-state index in [1.165, 1.54) is 11.8 Å². The average Bonchev–Trinajstić information content (AvgIpc) is 3.09. The van der Waals surface area contributed by atoms with Crippen LogP contribution in [0.3, 0.4) is 0 Å². The first-order chi connectivity index (χ1) is 12.9. The molecular weight excluding hydrogens is 376 g/mol. The number of carbonyl (C=O) groups is 1. The van der Waals surface area contributed by atoms with Gasteiger partial charge in [-0.1, -0.05) is 23.9 Å². The number of aromatic nitrogens is 3. The number of amides is 1. The summed E-state index contributed by atoms with van der Waals surface area (Å²) in [6.45, 7) is 6.01. The lowest BCUT2D eigenvalue weighted by molar-refractivity contribution is -0.131. The highest BCUT2D eigenvalue weighted by molar-refractivity contribution is 7.98. The maximum Gasteiger partial charge on any atom is 0.223 e. The van der Waals surface area contributed by atoms with Gasteiger partial charge in [-0.15, -0.1) is 11.3 Å². The smallest absolute Gasteiger partial charge is 0.223 e. The minimum Gasteiger partial charge on any atom is -0.337 e. The molecule has 142 valence electrons. The zero-order valence-electron chi connectivity index (χ0n) is 16.3. The molecule has 0 radical (unpaired) electrons. The fourth-order valence-electron chi connectivity index (χ4n) is 3.02. The third-order valence-electron chi connectivity index (χ3n) is 4.81. The van der Waals surface area contributed by atoms with Crippen LogP contribution in [0.5, 0.6) is 0 Å². The van der Waals surface area contributed by atoms with Crippen LogP contribution in [0.2, 0.25) is 0 Å². The third-order valence-corrected chi connectivity index (χ3v) is 6.57. The largest absolute Gasteiger partial charge is 0.337 e. The van der Waals surface area contributed by atoms with Crippen molar-refractivity contribution in [3.05, 3.63) is 46.2 Å². The number of nitrogens with zero attached hydrogens (tertiary/aromatic N) is 4. The Hall–Kier alpha value is -1.99. The normalized spacial score (nSPS) is 12.3. The summed E-state index contributed by atoms with van der Waals surface area (Å²) in [6, 6.07) is 8.02. The molecule has 0 N–H and O–H groups in total. The quantitative estimate of drug-likeness (QED) is 0.448. The van der Waals surface area contributed by atoms with Crippen LogP contribution < -0.4 is 0 Å². The summed E-state index contributed by atoms with van der Waals surface area (Å²) in [5.41, 5.74) is 3.98. The van der Waals surface area contributed by atoms with Crippen molar-refractivity contribution < 1.29 is 4.79 Å². The second-order valence-corrected chi connectivity index (χ2v) is 8.40. The first-order valence-corrected chi connectivity index (χ1v) is 10.9. The zero-order chi connectivity index (χ0) is 19.6. The van der Waals surface area contributed by atoms with E-state index in [-0.39, 0.29) is 11.9 Å². The van der Waals surface area contributed by atoms with Gasteiger partial charge in [0.15, 0.2) is 5.16 Å². The van der Waals surface area contributed by atoms with E-state index in [2.05, 4.69) is 21.0 Å². The topological polar surface area (TPSA) is 59.0 Å². The summed E-state index contributed by atoms with van der Waals surface area (Å²) >= 11 is 3.18. The van der Waals surface area contributed by atoms with Gasteiger partial charge in [0.05, 0.1) is 16.3 Å². The summed E-state index contributed by atoms with van der Waals surface area (Å²) in [5, 5.41) is 1.74. The number of rotatable bonds is 6. The maximum absolute atomic E-state index is 12.7. The highest BCUT2D eigenvalue weighted by Crippen LogP contribution is 2.29. The number of para-hydroxylation sites is 1. The fraction of sp³-hybridized carbons (Fsp3) is 0.400. The molecule has 2 aromatic heterocycles. The summed E-state index contributed by atoms with van der Waals surface area (Å²) in [4.78, 5) is 28.2. The number of carbonyl (C=O) groups excluding carboxylic acids is 1. The van der Waals surface area contributed by atoms with Gasteiger partial charge >= 0.3 is 0 Å². The molecule has 27 heavy (non-hydrogen) atoms. The molecule has 0 fully saturated rings. The molecule has 1 atom stereocenters. The van der Waals surface area contributed by atoms with Crippen LogP contribution in [-0.4, -0.2) is 39.1 Å². The van der Waals surface area contributed by atoms with E-state index < -0.39 is 0 Å². The minimum atomic E-state index is -0.0489. The van der Waals surface area contributed by atoms with Crippen LogP contribution in [0, 0.1) is 13.8 Å². The Labute approximate surface area is 168 Å². The number of thioether (sulfide) groups is 1. The van der Waals surface area contributed by atoms with Crippen molar-refractivity contribution >= 4 is 39.2 Å². The Balaban J connectivity index is 1.68. The van der Waals surface area contributed by atoms with Gasteiger partial charge in [0, 0.05) is 24.9 Å². The van der Waals surface area contributed by atoms with Crippen LogP contribution in [0.25, 0.3) is 10.2 Å². The van der Waals surface area contributed by atoms with Crippen molar-refractivity contribution in [1.82, 2.24) is 19.9 Å². The van der Waals surface area contributed by atoms with Gasteiger partial charge in [-0.3, -0.25) is 4.79 Å². The van der Waals surface area contributed by atoms with Crippen LogP contribution in [0.1, 0.15) is 41.3 Å². The van der Waals surface area contributed by atoms with Gasteiger partial charge in [0.1, 0.15) is 5.01 Å². The number of fused-ring (bicyclic) bond motifs is 1. The van der Waals surface area contributed by atoms with Gasteiger partial charge in [-0.2, -0.15) is 0 Å². The molecule has 1 amide bonds. The number of aryl methyl sites for hydroxylation is 2. The Morgan fingerprint density at radius 3 is 2.48 bits per heavy atom. The van der Waals surface area contributed by atoms with Crippen molar-refractivity contribution in [3.63, 3.8) is 0 Å². The number of hydrogen-bond acceptors (Lipinski definition) is 6. The molecule has 1 aromatic carbocycles. The van der Waals surface area contributed by atoms with Crippen LogP contribution in [-0.2, 0) is 11.2 Å². The van der Waals surface area contributed by atoms with Crippen molar-refractivity contribution in [1.29, 1.82) is 0 Å². The van der Waals surface area contributed by atoms with Gasteiger partial charge in [-0.25, -0.2) is 15.0 Å². The van der Waals surface area contributed by atoms with E-state index >= 15 is 0 Å². The lowest BCUT2D eigenvalue weighted by Gasteiger charge is -2.23. The van der Waals surface area contributed by atoms with E-state index in [1.54, 1.807) is 16.2 Å². The molecule has 5 nitrogen and oxygen atoms in total. The molecule has 3 aromatic rings. The maximum atomic E-state index is 12.7. The third kappa shape index (κ3) is 4.30. The van der Waals surface area contributed by atoms with Crippen molar-refractivity contribution in [2.75, 3.05) is 13.3 Å². The predicted molar refractivity (Wildman–Crippen MR) is 112 cm³/mol. The summed E-state index contributed by atoms with van der Waals surface area (Å²) in [6.07, 6.45) is 3.06. The molecule has 0 aliphatic rings. The molecule has 0 saturated carbocycles. The number of thiazole rings is 1. The fourth-order valence-corrected chi connectivity index (χ4v) is 4.54. The highest BCUT2D eigenvalue weighted by Gasteiger charge is 2.21. The van der Waals surface area contributed by atoms with E-state index in [0.717, 1.165) is 37.3 Å². The van der Waals surface area contributed by atoms with Crippen LogP contribution in [0.15, 0.2) is 29.4 Å². The van der Waals surface area contributed by atoms with E-state index in [0.29, 0.717) is 12.8 Å². The summed E-state index contributed by atoms with van der Waals surface area (Å²) in [5.74, 6) is 0.106. The summed E-state index contributed by atoms with van der Waals surface area (Å²) in [7, 11) is 1.85. The van der Waals surface area contributed by atoms with Crippen LogP contribution in [0.4, 0.5) is 0 Å². The highest BCUT2D eigenvalue weighted by atomic mass is 32.2. The SMILES string of the molecule is CSc1nc(C)c(CCC(=O)N(C)C(C)c2nc3ccccc3s2)c(C)n1. The molecule has 0 aliphatic carbocycles. The monoisotopic (exact) mass is 400 g/mol. The average molecular weight is 401 g/mol. The van der Waals surface area contributed by atoms with Gasteiger partial charge in [0.2, 0.25) is 5.91 Å². The van der Waals surface area contributed by atoms with E-state index in [1.807, 2.05) is 52.3 Å². The first kappa shape index (κ1) is 19.8. The molecule has 2 heterocycles. The number of hydrogen-bond donors (Lipinski definition) is 0. The van der Waals surface area contributed by atoms with Crippen molar-refractivity contribution in [2.45, 2.75) is 44.8 Å². The lowest BCUT2D eigenvalue weighted by Crippen LogP contribution is -2.30. The van der Waals surface area contributed by atoms with E-state index in [4.69, 9.17) is 0 Å². The van der Waals surface area contributed by atoms with Crippen molar-refractivity contribution in [2.24, 2.45) is 0 Å².